The number of nitrogens with zero attached hydrogens (tertiary/aromatic N) is 2. The molecule has 9 aromatic carbocycles. The van der Waals surface area contributed by atoms with Gasteiger partial charge in [-0.05, 0) is 143 Å². The number of benzene rings is 9. The van der Waals surface area contributed by atoms with Crippen LogP contribution >= 0.6 is 0 Å². The third-order valence-corrected chi connectivity index (χ3v) is 15.6. The number of aryl methyl sites for hydroxylation is 1. The van der Waals surface area contributed by atoms with E-state index in [9.17, 15) is 0 Å². The topological polar surface area (TPSA) is 43.6 Å². The summed E-state index contributed by atoms with van der Waals surface area (Å²) in [5.41, 5.74) is 21.2. The van der Waals surface area contributed by atoms with Crippen LogP contribution in [-0.4, -0.2) is 10.3 Å². The Bertz CT molecular complexity index is 4240. The predicted molar refractivity (Wildman–Crippen MR) is 282 cm³/mol. The lowest BCUT2D eigenvalue weighted by atomic mass is 9.71. The number of aromatic nitrogens is 1. The fourth-order valence-electron chi connectivity index (χ4n) is 12.4. The zero-order valence-corrected chi connectivity index (χ0v) is 37.6. The molecule has 0 amide bonds. The van der Waals surface area contributed by atoms with Crippen molar-refractivity contribution in [1.29, 1.82) is 0 Å². The second-order valence-corrected chi connectivity index (χ2v) is 19.2. The van der Waals surface area contributed by atoms with Crippen LogP contribution < -0.4 is 0 Å². The summed E-state index contributed by atoms with van der Waals surface area (Å²) in [6.07, 6.45) is 8.39. The molecule has 0 N–H and O–H groups in total. The minimum atomic E-state index is -0.257. The molecule has 0 saturated heterocycles. The predicted octanol–water partition coefficient (Wildman–Crippen LogP) is 17.0. The van der Waals surface area contributed by atoms with Crippen molar-refractivity contribution in [3.05, 3.63) is 227 Å². The molecule has 0 spiro atoms. The lowest BCUT2D eigenvalue weighted by molar-refractivity contribution is 0.633. The van der Waals surface area contributed by atoms with Crippen molar-refractivity contribution < 1.29 is 8.83 Å². The van der Waals surface area contributed by atoms with Crippen LogP contribution in [0.4, 0.5) is 0 Å². The highest BCUT2D eigenvalue weighted by Crippen LogP contribution is 2.51. The minimum absolute atomic E-state index is 0.159. The Morgan fingerprint density at radius 2 is 1.25 bits per heavy atom. The fourth-order valence-corrected chi connectivity index (χ4v) is 12.4. The Balaban J connectivity index is 1.04. The second-order valence-electron chi connectivity index (χ2n) is 19.2. The summed E-state index contributed by atoms with van der Waals surface area (Å²) in [6.45, 7) is 2.32. The van der Waals surface area contributed by atoms with E-state index < -0.39 is 0 Å². The second kappa shape index (κ2) is 14.4. The van der Waals surface area contributed by atoms with E-state index >= 15 is 0 Å². The number of fused-ring (bicyclic) bond motifs is 14. The highest BCUT2D eigenvalue weighted by Gasteiger charge is 2.36. The largest absolute Gasteiger partial charge is 0.456 e. The van der Waals surface area contributed by atoms with E-state index in [-0.39, 0.29) is 12.0 Å². The van der Waals surface area contributed by atoms with E-state index in [2.05, 4.69) is 194 Å². The van der Waals surface area contributed by atoms with Gasteiger partial charge in [-0.15, -0.1) is 0 Å². The number of dihydropyridines is 1. The van der Waals surface area contributed by atoms with Gasteiger partial charge in [0.05, 0.1) is 28.5 Å². The average molecular weight is 873 g/mol. The third-order valence-electron chi connectivity index (χ3n) is 15.6. The minimum Gasteiger partial charge on any atom is -0.456 e. The lowest BCUT2D eigenvalue weighted by Gasteiger charge is -2.35. The van der Waals surface area contributed by atoms with Gasteiger partial charge in [0.15, 0.2) is 0 Å². The van der Waals surface area contributed by atoms with E-state index in [1.54, 1.807) is 0 Å². The zero-order chi connectivity index (χ0) is 44.6. The quantitative estimate of drug-likeness (QED) is 0.177. The van der Waals surface area contributed by atoms with Gasteiger partial charge in [0, 0.05) is 49.4 Å². The lowest BCUT2D eigenvalue weighted by Crippen LogP contribution is -2.23. The van der Waals surface area contributed by atoms with Crippen molar-refractivity contribution in [2.45, 2.75) is 44.6 Å². The number of furan rings is 2. The summed E-state index contributed by atoms with van der Waals surface area (Å²) in [4.78, 5) is 6.05. The highest BCUT2D eigenvalue weighted by atomic mass is 16.3. The van der Waals surface area contributed by atoms with Crippen LogP contribution in [0.5, 0.6) is 0 Å². The van der Waals surface area contributed by atoms with Crippen molar-refractivity contribution in [2.75, 3.05) is 0 Å². The van der Waals surface area contributed by atoms with Gasteiger partial charge in [-0.25, -0.2) is 0 Å². The van der Waals surface area contributed by atoms with Gasteiger partial charge in [0.1, 0.15) is 22.3 Å². The maximum atomic E-state index is 6.81. The molecule has 0 radical (unpaired) electrons. The third kappa shape index (κ3) is 5.52. The molecule has 2 atom stereocenters. The summed E-state index contributed by atoms with van der Waals surface area (Å²) in [5.74, 6) is 0.159. The summed E-state index contributed by atoms with van der Waals surface area (Å²) in [6, 6.07) is 64.5. The van der Waals surface area contributed by atoms with Gasteiger partial charge in [0.25, 0.3) is 0 Å². The van der Waals surface area contributed by atoms with Crippen LogP contribution in [0.2, 0.25) is 0 Å². The molecule has 4 nitrogen and oxygen atoms in total. The highest BCUT2D eigenvalue weighted by molar-refractivity contribution is 6.18. The molecule has 68 heavy (non-hydrogen) atoms. The number of hydrogen-bond acceptors (Lipinski definition) is 3. The van der Waals surface area contributed by atoms with Gasteiger partial charge in [-0.3, -0.25) is 4.99 Å². The molecule has 0 saturated carbocycles. The molecule has 12 aromatic rings. The van der Waals surface area contributed by atoms with Gasteiger partial charge in [-0.2, -0.15) is 0 Å². The Morgan fingerprint density at radius 1 is 0.544 bits per heavy atom. The molecular weight excluding hydrogens is 829 g/mol. The average Bonchev–Trinajstić information content (AvgIpc) is 4.05. The molecule has 4 heteroatoms. The standard InChI is InChI=1S/C64H44N2O2/c1-37-50(51-32-42-18-6-7-19-44(42)45-20-8-9-21-46(45)51)36-54(65-64(37)43-26-27-48-47-22-10-12-24-58(47)68-61(48)35-43)63-55(28-29-60-62(63)49-23-11-13-25-59(49)67-60)66-56-33-40-16-4-2-14-38(40)30-52(56)53-31-39-15-3-5-17-41(39)34-57(53)66/h2-4,6-16,18-31,33-35,51,54H,5,17,32,36H2,1H3/t51-,54?/m1/s1. The van der Waals surface area contributed by atoms with Gasteiger partial charge >= 0.3 is 0 Å². The first-order valence-corrected chi connectivity index (χ1v) is 24.1. The SMILES string of the molecule is CC1=C([C@@H]2Cc3ccccc3-c3ccccc32)CC(c2c(-n3c4cc5c(cc4c4cc6ccccc6cc43)C=CCC5)ccc3oc4ccccc4c23)N=C1c1ccc2c(c1)oc1ccccc12. The first kappa shape index (κ1) is 38.0. The molecule has 4 heterocycles. The number of para-hydroxylation sites is 2. The van der Waals surface area contributed by atoms with Gasteiger partial charge in [0.2, 0.25) is 0 Å². The van der Waals surface area contributed by atoms with E-state index in [0.29, 0.717) is 0 Å². The van der Waals surface area contributed by atoms with Crippen LogP contribution in [0, 0.1) is 0 Å². The molecule has 322 valence electrons. The van der Waals surface area contributed by atoms with Crippen LogP contribution in [-0.2, 0) is 12.8 Å². The molecule has 15 rings (SSSR count). The Labute approximate surface area is 392 Å². The summed E-state index contributed by atoms with van der Waals surface area (Å²) >= 11 is 0. The van der Waals surface area contributed by atoms with E-state index in [4.69, 9.17) is 13.8 Å². The summed E-state index contributed by atoms with van der Waals surface area (Å²) in [5, 5.41) is 9.46. The summed E-state index contributed by atoms with van der Waals surface area (Å²) in [7, 11) is 0. The van der Waals surface area contributed by atoms with Crippen molar-refractivity contribution in [1.82, 2.24) is 4.57 Å². The molecule has 1 aliphatic heterocycles. The van der Waals surface area contributed by atoms with Crippen molar-refractivity contribution in [2.24, 2.45) is 4.99 Å². The maximum absolute atomic E-state index is 6.81. The summed E-state index contributed by atoms with van der Waals surface area (Å²) < 4.78 is 16.0. The molecule has 1 unspecified atom stereocenters. The van der Waals surface area contributed by atoms with Crippen LogP contribution in [0.1, 0.15) is 65.1 Å². The normalized spacial score (nSPS) is 16.9. The van der Waals surface area contributed by atoms with Crippen LogP contribution in [0.25, 0.3) is 99.3 Å². The monoisotopic (exact) mass is 872 g/mol. The Kier molecular flexibility index (Phi) is 8.03. The number of aliphatic imine (C=N–C) groups is 1. The molecule has 2 aliphatic carbocycles. The maximum Gasteiger partial charge on any atom is 0.136 e. The van der Waals surface area contributed by atoms with Gasteiger partial charge in [-0.1, -0.05) is 133 Å². The Morgan fingerprint density at radius 3 is 2.15 bits per heavy atom. The molecule has 3 aromatic heterocycles. The van der Waals surface area contributed by atoms with Crippen LogP contribution in [0.3, 0.4) is 0 Å². The van der Waals surface area contributed by atoms with Crippen molar-refractivity contribution in [3.63, 3.8) is 0 Å². The molecular formula is C64H44N2O2. The number of hydrogen-bond donors (Lipinski definition) is 0. The van der Waals surface area contributed by atoms with E-state index in [1.165, 1.54) is 82.7 Å². The van der Waals surface area contributed by atoms with Crippen LogP contribution in [0.15, 0.2) is 207 Å². The Hall–Kier alpha value is -8.21. The first-order valence-electron chi connectivity index (χ1n) is 24.1. The smallest absolute Gasteiger partial charge is 0.136 e. The molecule has 3 aliphatic rings. The number of allylic oxidation sites excluding steroid dienone is 2. The van der Waals surface area contributed by atoms with Gasteiger partial charge < -0.3 is 13.4 Å². The van der Waals surface area contributed by atoms with Crippen molar-refractivity contribution >= 4 is 88.2 Å². The van der Waals surface area contributed by atoms with E-state index in [1.807, 2.05) is 6.07 Å². The first-order chi connectivity index (χ1) is 33.6. The molecule has 0 bridgehead atoms. The van der Waals surface area contributed by atoms with Crippen molar-refractivity contribution in [3.8, 4) is 16.8 Å². The number of rotatable bonds is 4. The fraction of sp³-hybridized carbons (Fsp3) is 0.109. The zero-order valence-electron chi connectivity index (χ0n) is 37.6. The van der Waals surface area contributed by atoms with E-state index in [0.717, 1.165) is 86.5 Å². The molecule has 0 fully saturated rings.